The highest BCUT2D eigenvalue weighted by atomic mass is 32.2. The first kappa shape index (κ1) is 10.5. The lowest BCUT2D eigenvalue weighted by Crippen LogP contribution is -2.43. The van der Waals surface area contributed by atoms with Gasteiger partial charge in [-0.2, -0.15) is 0 Å². The van der Waals surface area contributed by atoms with Crippen LogP contribution in [0, 0.1) is 5.92 Å². The van der Waals surface area contributed by atoms with Gasteiger partial charge in [0.15, 0.2) is 9.84 Å². The summed E-state index contributed by atoms with van der Waals surface area (Å²) < 4.78 is 23.9. The van der Waals surface area contributed by atoms with Crippen LogP contribution in [-0.2, 0) is 9.84 Å². The zero-order chi connectivity index (χ0) is 10.2. The molecule has 2 atom stereocenters. The van der Waals surface area contributed by atoms with Crippen LogP contribution in [0.3, 0.4) is 0 Å². The lowest BCUT2D eigenvalue weighted by molar-refractivity contribution is 0.325. The van der Waals surface area contributed by atoms with Crippen LogP contribution in [0.4, 0.5) is 0 Å². The van der Waals surface area contributed by atoms with Crippen molar-refractivity contribution in [1.82, 2.24) is 0 Å². The average molecular weight is 216 g/mol. The van der Waals surface area contributed by atoms with E-state index < -0.39 is 9.84 Å². The first-order valence-electron chi connectivity index (χ1n) is 5.87. The van der Waals surface area contributed by atoms with Crippen molar-refractivity contribution in [2.75, 3.05) is 0 Å². The summed E-state index contributed by atoms with van der Waals surface area (Å²) in [7, 11) is -2.72. The number of fused-ring (bicyclic) bond motifs is 2. The van der Waals surface area contributed by atoms with Gasteiger partial charge in [-0.15, -0.1) is 0 Å². The lowest BCUT2D eigenvalue weighted by atomic mass is 9.87. The Morgan fingerprint density at radius 3 is 2.21 bits per heavy atom. The summed E-state index contributed by atoms with van der Waals surface area (Å²) >= 11 is 0. The minimum Gasteiger partial charge on any atom is -0.228 e. The molecule has 2 nitrogen and oxygen atoms in total. The Balaban J connectivity index is 2.13. The van der Waals surface area contributed by atoms with E-state index in [-0.39, 0.29) is 10.5 Å². The zero-order valence-corrected chi connectivity index (χ0v) is 9.72. The molecule has 2 rings (SSSR count). The molecular weight excluding hydrogens is 196 g/mol. The molecule has 0 aromatic carbocycles. The van der Waals surface area contributed by atoms with Gasteiger partial charge < -0.3 is 0 Å². The van der Waals surface area contributed by atoms with Crippen molar-refractivity contribution in [2.24, 2.45) is 5.92 Å². The summed E-state index contributed by atoms with van der Waals surface area (Å²) in [6.07, 6.45) is 7.32. The molecule has 0 aromatic heterocycles. The first-order chi connectivity index (χ1) is 6.64. The number of hydrogen-bond donors (Lipinski definition) is 0. The van der Waals surface area contributed by atoms with Crippen molar-refractivity contribution in [3.63, 3.8) is 0 Å². The smallest absolute Gasteiger partial charge is 0.156 e. The highest BCUT2D eigenvalue weighted by Crippen LogP contribution is 2.40. The molecule has 3 heteroatoms. The summed E-state index contributed by atoms with van der Waals surface area (Å²) in [5.41, 5.74) is 0. The van der Waals surface area contributed by atoms with Gasteiger partial charge in [0.1, 0.15) is 0 Å². The Hall–Kier alpha value is -0.0500. The van der Waals surface area contributed by atoms with Gasteiger partial charge in [-0.25, -0.2) is 8.42 Å². The summed E-state index contributed by atoms with van der Waals surface area (Å²) in [5.74, 6) is 0.693. The van der Waals surface area contributed by atoms with E-state index >= 15 is 0 Å². The molecule has 2 saturated heterocycles. The molecule has 0 spiro atoms. The fourth-order valence-corrected chi connectivity index (χ4v) is 5.78. The molecule has 14 heavy (non-hydrogen) atoms. The van der Waals surface area contributed by atoms with Gasteiger partial charge in [-0.1, -0.05) is 26.2 Å². The SMILES string of the molecule is CCCC1CC2CCCC(C1)S2(=O)=O. The minimum atomic E-state index is -2.72. The van der Waals surface area contributed by atoms with Gasteiger partial charge in [0, 0.05) is 0 Å². The molecule has 2 fully saturated rings. The molecule has 0 aromatic rings. The fourth-order valence-electron chi connectivity index (χ4n) is 3.16. The van der Waals surface area contributed by atoms with E-state index in [1.165, 1.54) is 12.8 Å². The van der Waals surface area contributed by atoms with E-state index in [2.05, 4.69) is 6.92 Å². The molecule has 2 aliphatic rings. The van der Waals surface area contributed by atoms with E-state index in [1.54, 1.807) is 0 Å². The van der Waals surface area contributed by atoms with Crippen LogP contribution < -0.4 is 0 Å². The van der Waals surface area contributed by atoms with Crippen molar-refractivity contribution < 1.29 is 8.42 Å². The third kappa shape index (κ3) is 1.71. The highest BCUT2D eigenvalue weighted by molar-refractivity contribution is 7.92. The number of rotatable bonds is 2. The van der Waals surface area contributed by atoms with Gasteiger partial charge in [0.05, 0.1) is 10.5 Å². The topological polar surface area (TPSA) is 34.1 Å². The Labute approximate surface area is 87.0 Å². The second kappa shape index (κ2) is 3.84. The molecule has 2 aliphatic heterocycles. The van der Waals surface area contributed by atoms with Gasteiger partial charge >= 0.3 is 0 Å². The molecule has 82 valence electrons. The fraction of sp³-hybridized carbons (Fsp3) is 1.00. The zero-order valence-electron chi connectivity index (χ0n) is 8.91. The molecular formula is C11H20O2S. The minimum absolute atomic E-state index is 0.0200. The summed E-state index contributed by atoms with van der Waals surface area (Å²) in [4.78, 5) is 0. The molecule has 2 unspecified atom stereocenters. The Morgan fingerprint density at radius 1 is 1.14 bits per heavy atom. The monoisotopic (exact) mass is 216 g/mol. The van der Waals surface area contributed by atoms with Crippen LogP contribution in [0.25, 0.3) is 0 Å². The number of sulfone groups is 1. The molecule has 2 bridgehead atoms. The van der Waals surface area contributed by atoms with Crippen LogP contribution in [0.5, 0.6) is 0 Å². The molecule has 0 amide bonds. The summed E-state index contributed by atoms with van der Waals surface area (Å²) in [6, 6.07) is 0. The normalized spacial score (nSPS) is 40.8. The molecule has 0 aliphatic carbocycles. The van der Waals surface area contributed by atoms with Crippen molar-refractivity contribution in [1.29, 1.82) is 0 Å². The maximum atomic E-state index is 11.9. The Bertz CT molecular complexity index is 274. The van der Waals surface area contributed by atoms with E-state index in [0.29, 0.717) is 5.92 Å². The first-order valence-corrected chi connectivity index (χ1v) is 7.48. The Kier molecular flexibility index (Phi) is 2.87. The number of hydrogen-bond acceptors (Lipinski definition) is 2. The predicted octanol–water partition coefficient (Wildman–Crippen LogP) is 2.53. The van der Waals surface area contributed by atoms with E-state index in [0.717, 1.165) is 32.1 Å². The van der Waals surface area contributed by atoms with E-state index in [1.807, 2.05) is 0 Å². The molecule has 0 N–H and O–H groups in total. The third-order valence-electron chi connectivity index (χ3n) is 3.87. The maximum Gasteiger partial charge on any atom is 0.156 e. The standard InChI is InChI=1S/C11H20O2S/c1-2-4-9-7-10-5-3-6-11(8-9)14(10,12)13/h9-11H,2-8H2,1H3. The van der Waals surface area contributed by atoms with Gasteiger partial charge in [0.25, 0.3) is 0 Å². The van der Waals surface area contributed by atoms with Crippen molar-refractivity contribution in [3.05, 3.63) is 0 Å². The quantitative estimate of drug-likeness (QED) is 0.711. The Morgan fingerprint density at radius 2 is 1.71 bits per heavy atom. The van der Waals surface area contributed by atoms with Gasteiger partial charge in [0.2, 0.25) is 0 Å². The second-order valence-corrected chi connectivity index (χ2v) is 7.40. The van der Waals surface area contributed by atoms with E-state index in [4.69, 9.17) is 0 Å². The molecule has 0 radical (unpaired) electrons. The van der Waals surface area contributed by atoms with Crippen LogP contribution in [0.2, 0.25) is 0 Å². The van der Waals surface area contributed by atoms with Crippen LogP contribution in [-0.4, -0.2) is 18.9 Å². The van der Waals surface area contributed by atoms with E-state index in [9.17, 15) is 8.42 Å². The predicted molar refractivity (Wildman–Crippen MR) is 58.0 cm³/mol. The average Bonchev–Trinajstić information content (AvgIpc) is 2.06. The van der Waals surface area contributed by atoms with Crippen molar-refractivity contribution in [3.8, 4) is 0 Å². The molecule has 2 heterocycles. The van der Waals surface area contributed by atoms with Crippen LogP contribution in [0.15, 0.2) is 0 Å². The maximum absolute atomic E-state index is 11.9. The summed E-state index contributed by atoms with van der Waals surface area (Å²) in [6.45, 7) is 2.19. The summed E-state index contributed by atoms with van der Waals surface area (Å²) in [5, 5.41) is 0.0399. The lowest BCUT2D eigenvalue weighted by Gasteiger charge is -2.38. The van der Waals surface area contributed by atoms with Crippen molar-refractivity contribution in [2.45, 2.75) is 62.4 Å². The van der Waals surface area contributed by atoms with Crippen LogP contribution >= 0.6 is 0 Å². The van der Waals surface area contributed by atoms with Crippen LogP contribution in [0.1, 0.15) is 51.9 Å². The largest absolute Gasteiger partial charge is 0.228 e. The highest BCUT2D eigenvalue weighted by Gasteiger charge is 2.43. The third-order valence-corrected chi connectivity index (χ3v) is 6.59. The van der Waals surface area contributed by atoms with Gasteiger partial charge in [-0.05, 0) is 31.6 Å². The second-order valence-electron chi connectivity index (χ2n) is 4.89. The van der Waals surface area contributed by atoms with Crippen molar-refractivity contribution >= 4 is 9.84 Å². The van der Waals surface area contributed by atoms with Gasteiger partial charge in [-0.3, -0.25) is 0 Å². The molecule has 0 saturated carbocycles.